The number of esters is 1. The summed E-state index contributed by atoms with van der Waals surface area (Å²) in [6.45, 7) is 3.87. The molecule has 4 heteroatoms. The summed E-state index contributed by atoms with van der Waals surface area (Å²) < 4.78 is 9.89. The molecule has 0 saturated heterocycles. The Morgan fingerprint density at radius 3 is 2.68 bits per heavy atom. The topological polar surface area (TPSA) is 59.7 Å². The van der Waals surface area contributed by atoms with Crippen molar-refractivity contribution in [2.45, 2.75) is 20.0 Å². The zero-order valence-corrected chi connectivity index (χ0v) is 11.1. The molecule has 0 aliphatic heterocycles. The number of carbonyl (C=O) groups excluding carboxylic acids is 1. The summed E-state index contributed by atoms with van der Waals surface area (Å²) >= 11 is 0. The van der Waals surface area contributed by atoms with E-state index in [0.29, 0.717) is 5.76 Å². The number of ether oxygens (including phenoxy) is 1. The van der Waals surface area contributed by atoms with Gasteiger partial charge in [-0.05, 0) is 37.1 Å². The van der Waals surface area contributed by atoms with E-state index in [2.05, 4.69) is 4.74 Å². The third-order valence-corrected chi connectivity index (χ3v) is 3.01. The Balaban J connectivity index is 2.33. The molecule has 0 spiro atoms. The maximum atomic E-state index is 11.3. The standard InChI is InChI=1S/C15H16O4/c1-9-4-5-10(2)11(8-9)14(16)12-6-7-13(19-12)15(17)18-3/h4-8,14,16H,1-3H3. The lowest BCUT2D eigenvalue weighted by Gasteiger charge is -2.12. The summed E-state index contributed by atoms with van der Waals surface area (Å²) in [5, 5.41) is 10.3. The monoisotopic (exact) mass is 260 g/mol. The fourth-order valence-electron chi connectivity index (χ4n) is 1.92. The van der Waals surface area contributed by atoms with Crippen LogP contribution < -0.4 is 0 Å². The Morgan fingerprint density at radius 2 is 2.00 bits per heavy atom. The van der Waals surface area contributed by atoms with Gasteiger partial charge in [-0.25, -0.2) is 4.79 Å². The average molecular weight is 260 g/mol. The SMILES string of the molecule is COC(=O)c1ccc(C(O)c2cc(C)ccc2C)o1. The minimum Gasteiger partial charge on any atom is -0.463 e. The van der Waals surface area contributed by atoms with E-state index in [-0.39, 0.29) is 5.76 Å². The van der Waals surface area contributed by atoms with Crippen LogP contribution in [-0.4, -0.2) is 18.2 Å². The average Bonchev–Trinajstić information content (AvgIpc) is 2.89. The largest absolute Gasteiger partial charge is 0.463 e. The molecule has 1 aromatic heterocycles. The molecule has 100 valence electrons. The molecule has 0 amide bonds. The number of aliphatic hydroxyl groups is 1. The van der Waals surface area contributed by atoms with Gasteiger partial charge in [-0.15, -0.1) is 0 Å². The van der Waals surface area contributed by atoms with Crippen molar-refractivity contribution in [2.75, 3.05) is 7.11 Å². The van der Waals surface area contributed by atoms with Crippen molar-refractivity contribution in [3.63, 3.8) is 0 Å². The first-order chi connectivity index (χ1) is 9.02. The first-order valence-corrected chi connectivity index (χ1v) is 5.96. The number of hydrogen-bond donors (Lipinski definition) is 1. The van der Waals surface area contributed by atoms with E-state index in [1.165, 1.54) is 13.2 Å². The molecule has 0 aliphatic rings. The van der Waals surface area contributed by atoms with Crippen LogP contribution in [-0.2, 0) is 4.74 Å². The molecule has 1 atom stereocenters. The van der Waals surface area contributed by atoms with E-state index in [1.54, 1.807) is 6.07 Å². The Labute approximate surface area is 111 Å². The summed E-state index contributed by atoms with van der Waals surface area (Å²) in [4.78, 5) is 11.3. The van der Waals surface area contributed by atoms with Gasteiger partial charge < -0.3 is 14.3 Å². The molecule has 1 N–H and O–H groups in total. The lowest BCUT2D eigenvalue weighted by atomic mass is 9.99. The van der Waals surface area contributed by atoms with Crippen molar-refractivity contribution >= 4 is 5.97 Å². The van der Waals surface area contributed by atoms with Crippen LogP contribution in [0, 0.1) is 13.8 Å². The van der Waals surface area contributed by atoms with Gasteiger partial charge in [-0.3, -0.25) is 0 Å². The van der Waals surface area contributed by atoms with Crippen molar-refractivity contribution in [3.8, 4) is 0 Å². The smallest absolute Gasteiger partial charge is 0.373 e. The van der Waals surface area contributed by atoms with Crippen LogP contribution in [0.3, 0.4) is 0 Å². The number of rotatable bonds is 3. The number of carbonyl (C=O) groups is 1. The predicted molar refractivity (Wildman–Crippen MR) is 70.0 cm³/mol. The van der Waals surface area contributed by atoms with E-state index >= 15 is 0 Å². The molecule has 1 unspecified atom stereocenters. The molecule has 1 heterocycles. The second kappa shape index (κ2) is 5.28. The molecule has 0 fully saturated rings. The van der Waals surface area contributed by atoms with Crippen molar-refractivity contribution in [1.82, 2.24) is 0 Å². The molecule has 0 aliphatic carbocycles. The van der Waals surface area contributed by atoms with Gasteiger partial charge >= 0.3 is 5.97 Å². The number of hydrogen-bond acceptors (Lipinski definition) is 4. The van der Waals surface area contributed by atoms with Crippen LogP contribution in [0.4, 0.5) is 0 Å². The molecule has 0 saturated carbocycles. The van der Waals surface area contributed by atoms with Crippen LogP contribution >= 0.6 is 0 Å². The number of methoxy groups -OCH3 is 1. The highest BCUT2D eigenvalue weighted by atomic mass is 16.5. The lowest BCUT2D eigenvalue weighted by Crippen LogP contribution is -2.02. The highest BCUT2D eigenvalue weighted by Gasteiger charge is 2.19. The minimum absolute atomic E-state index is 0.0851. The van der Waals surface area contributed by atoms with Crippen LogP contribution in [0.1, 0.15) is 39.1 Å². The Hall–Kier alpha value is -2.07. The Bertz CT molecular complexity index is 598. The van der Waals surface area contributed by atoms with Gasteiger partial charge in [0.15, 0.2) is 0 Å². The van der Waals surface area contributed by atoms with Gasteiger partial charge in [0.25, 0.3) is 0 Å². The molecule has 1 aromatic carbocycles. The number of furan rings is 1. The summed E-state index contributed by atoms with van der Waals surface area (Å²) in [7, 11) is 1.28. The highest BCUT2D eigenvalue weighted by molar-refractivity contribution is 5.86. The lowest BCUT2D eigenvalue weighted by molar-refractivity contribution is 0.0558. The molecule has 4 nitrogen and oxygen atoms in total. The maximum absolute atomic E-state index is 11.3. The second-order valence-electron chi connectivity index (χ2n) is 4.46. The Kier molecular flexibility index (Phi) is 3.71. The molecular formula is C15H16O4. The summed E-state index contributed by atoms with van der Waals surface area (Å²) in [6, 6.07) is 8.90. The minimum atomic E-state index is -0.890. The quantitative estimate of drug-likeness (QED) is 0.862. The summed E-state index contributed by atoms with van der Waals surface area (Å²) in [6.07, 6.45) is -0.890. The normalized spacial score (nSPS) is 12.2. The van der Waals surface area contributed by atoms with Crippen LogP contribution in [0.25, 0.3) is 0 Å². The first-order valence-electron chi connectivity index (χ1n) is 5.96. The van der Waals surface area contributed by atoms with Gasteiger partial charge in [0.2, 0.25) is 5.76 Å². The predicted octanol–water partition coefficient (Wildman–Crippen LogP) is 2.76. The van der Waals surface area contributed by atoms with Gasteiger partial charge in [-0.2, -0.15) is 0 Å². The third kappa shape index (κ3) is 2.69. The summed E-state index contributed by atoms with van der Waals surface area (Å²) in [5.74, 6) is -0.143. The molecule has 2 aromatic rings. The van der Waals surface area contributed by atoms with Gasteiger partial charge in [0.1, 0.15) is 11.9 Å². The van der Waals surface area contributed by atoms with Crippen LogP contribution in [0.5, 0.6) is 0 Å². The van der Waals surface area contributed by atoms with E-state index in [9.17, 15) is 9.90 Å². The van der Waals surface area contributed by atoms with Gasteiger partial charge in [-0.1, -0.05) is 23.8 Å². The second-order valence-corrected chi connectivity index (χ2v) is 4.46. The summed E-state index contributed by atoms with van der Waals surface area (Å²) in [5.41, 5.74) is 2.79. The molecule has 19 heavy (non-hydrogen) atoms. The molecule has 2 rings (SSSR count). The number of aryl methyl sites for hydroxylation is 2. The number of aliphatic hydroxyl groups excluding tert-OH is 1. The van der Waals surface area contributed by atoms with Gasteiger partial charge in [0, 0.05) is 0 Å². The Morgan fingerprint density at radius 1 is 1.26 bits per heavy atom. The number of benzene rings is 1. The fourth-order valence-corrected chi connectivity index (χ4v) is 1.92. The van der Waals surface area contributed by atoms with Crippen molar-refractivity contribution in [2.24, 2.45) is 0 Å². The van der Waals surface area contributed by atoms with E-state index in [0.717, 1.165) is 16.7 Å². The zero-order chi connectivity index (χ0) is 14.0. The van der Waals surface area contributed by atoms with Crippen molar-refractivity contribution in [1.29, 1.82) is 0 Å². The van der Waals surface area contributed by atoms with Crippen molar-refractivity contribution in [3.05, 3.63) is 58.5 Å². The van der Waals surface area contributed by atoms with E-state index < -0.39 is 12.1 Å². The molecular weight excluding hydrogens is 244 g/mol. The van der Waals surface area contributed by atoms with E-state index in [1.807, 2.05) is 32.0 Å². The first kappa shape index (κ1) is 13.4. The van der Waals surface area contributed by atoms with E-state index in [4.69, 9.17) is 4.42 Å². The highest BCUT2D eigenvalue weighted by Crippen LogP contribution is 2.27. The zero-order valence-electron chi connectivity index (χ0n) is 11.1. The van der Waals surface area contributed by atoms with Crippen molar-refractivity contribution < 1.29 is 19.1 Å². The maximum Gasteiger partial charge on any atom is 0.373 e. The fraction of sp³-hybridized carbons (Fsp3) is 0.267. The molecule has 0 bridgehead atoms. The third-order valence-electron chi connectivity index (χ3n) is 3.01. The molecule has 0 radical (unpaired) electrons. The van der Waals surface area contributed by atoms with Gasteiger partial charge in [0.05, 0.1) is 7.11 Å². The van der Waals surface area contributed by atoms with Crippen LogP contribution in [0.15, 0.2) is 34.7 Å². The van der Waals surface area contributed by atoms with Crippen LogP contribution in [0.2, 0.25) is 0 Å².